The third-order valence-corrected chi connectivity index (χ3v) is 12.7. The first-order chi connectivity index (χ1) is 31.5. The van der Waals surface area contributed by atoms with E-state index in [1.807, 2.05) is 12.1 Å². The zero-order valence-corrected chi connectivity index (χ0v) is 35.7. The molecule has 0 heterocycles. The standard InChI is InChI=1S/C60H48O4/c1-60(52-29-31-58(63-35-33-61)56(39-52)49-23-19-41-9-2-4-12-47(41)37-49,53-30-32-59(64-36-34-62)57(40-53)50-24-20-42-10-3-5-13-48(42)38-50)51-27-25-44(26-28-51)43-17-21-46(22-18-43)55-16-8-14-45-11-6-7-15-54(45)55/h2-32,37-40,61-62H,33-36H2,1H3. The molecule has 4 heteroatoms. The van der Waals surface area contributed by atoms with Gasteiger partial charge in [-0.05, 0) is 126 Å². The predicted molar refractivity (Wildman–Crippen MR) is 264 cm³/mol. The number of ether oxygens (including phenoxy) is 2. The second-order valence-corrected chi connectivity index (χ2v) is 16.5. The van der Waals surface area contributed by atoms with Crippen molar-refractivity contribution in [3.63, 3.8) is 0 Å². The van der Waals surface area contributed by atoms with Crippen molar-refractivity contribution in [2.75, 3.05) is 26.4 Å². The van der Waals surface area contributed by atoms with Crippen LogP contribution in [0.1, 0.15) is 23.6 Å². The highest BCUT2D eigenvalue weighted by atomic mass is 16.5. The molecule has 0 aromatic heterocycles. The lowest BCUT2D eigenvalue weighted by Crippen LogP contribution is -2.25. The van der Waals surface area contributed by atoms with Crippen LogP contribution in [0.15, 0.2) is 212 Å². The summed E-state index contributed by atoms with van der Waals surface area (Å²) in [6.45, 7) is 2.49. The molecule has 0 saturated carbocycles. The molecule has 312 valence electrons. The number of aliphatic hydroxyl groups excluding tert-OH is 2. The van der Waals surface area contributed by atoms with Crippen LogP contribution in [0.2, 0.25) is 0 Å². The lowest BCUT2D eigenvalue weighted by atomic mass is 9.70. The van der Waals surface area contributed by atoms with Gasteiger partial charge in [-0.25, -0.2) is 0 Å². The summed E-state index contributed by atoms with van der Waals surface area (Å²) in [5, 5.41) is 26.7. The molecule has 0 saturated heterocycles. The number of fused-ring (bicyclic) bond motifs is 3. The average Bonchev–Trinajstić information content (AvgIpc) is 3.36. The maximum absolute atomic E-state index is 9.83. The first-order valence-corrected chi connectivity index (χ1v) is 21.9. The lowest BCUT2D eigenvalue weighted by Gasteiger charge is -2.33. The molecule has 0 bridgehead atoms. The van der Waals surface area contributed by atoms with Gasteiger partial charge in [0.1, 0.15) is 24.7 Å². The molecule has 0 aliphatic heterocycles. The SMILES string of the molecule is CC(c1ccc(-c2ccc(-c3cccc4ccccc34)cc2)cc1)(c1ccc(OCCO)c(-c2ccc3ccccc3c2)c1)c1ccc(OCCO)c(-c2ccc3ccccc3c2)c1. The Labute approximate surface area is 374 Å². The van der Waals surface area contributed by atoms with Gasteiger partial charge in [-0.2, -0.15) is 0 Å². The lowest BCUT2D eigenvalue weighted by molar-refractivity contribution is 0.202. The quantitative estimate of drug-likeness (QED) is 0.114. The van der Waals surface area contributed by atoms with Crippen LogP contribution < -0.4 is 9.47 Å². The average molecular weight is 833 g/mol. The molecule has 4 nitrogen and oxygen atoms in total. The van der Waals surface area contributed by atoms with Crippen LogP contribution in [0, 0.1) is 0 Å². The monoisotopic (exact) mass is 832 g/mol. The maximum atomic E-state index is 9.83. The first kappa shape index (κ1) is 40.6. The molecule has 0 spiro atoms. The molecular weight excluding hydrogens is 785 g/mol. The fraction of sp³-hybridized carbons (Fsp3) is 0.100. The Morgan fingerprint density at radius 2 is 0.766 bits per heavy atom. The summed E-state index contributed by atoms with van der Waals surface area (Å²) in [6.07, 6.45) is 0. The number of rotatable bonds is 13. The largest absolute Gasteiger partial charge is 0.491 e. The number of benzene rings is 10. The predicted octanol–water partition coefficient (Wildman–Crippen LogP) is 13.9. The van der Waals surface area contributed by atoms with Gasteiger partial charge in [0.05, 0.1) is 13.2 Å². The van der Waals surface area contributed by atoms with Gasteiger partial charge in [0.25, 0.3) is 0 Å². The van der Waals surface area contributed by atoms with Crippen molar-refractivity contribution < 1.29 is 19.7 Å². The second-order valence-electron chi connectivity index (χ2n) is 16.5. The summed E-state index contributed by atoms with van der Waals surface area (Å²) in [5.74, 6) is 1.42. The van der Waals surface area contributed by atoms with Crippen molar-refractivity contribution in [1.82, 2.24) is 0 Å². The second kappa shape index (κ2) is 17.7. The van der Waals surface area contributed by atoms with Gasteiger partial charge in [0.15, 0.2) is 0 Å². The molecule has 64 heavy (non-hydrogen) atoms. The van der Waals surface area contributed by atoms with E-state index in [0.717, 1.165) is 71.6 Å². The summed E-state index contributed by atoms with van der Waals surface area (Å²) < 4.78 is 12.5. The Balaban J connectivity index is 1.12. The normalized spacial score (nSPS) is 11.6. The van der Waals surface area contributed by atoms with E-state index in [1.54, 1.807) is 0 Å². The maximum Gasteiger partial charge on any atom is 0.127 e. The minimum Gasteiger partial charge on any atom is -0.491 e. The van der Waals surface area contributed by atoms with Crippen molar-refractivity contribution in [1.29, 1.82) is 0 Å². The molecule has 10 rings (SSSR count). The minimum atomic E-state index is -0.668. The van der Waals surface area contributed by atoms with Gasteiger partial charge in [-0.3, -0.25) is 0 Å². The minimum absolute atomic E-state index is 0.0862. The zero-order valence-electron chi connectivity index (χ0n) is 35.7. The Kier molecular flexibility index (Phi) is 11.2. The van der Waals surface area contributed by atoms with Crippen molar-refractivity contribution in [3.05, 3.63) is 229 Å². The van der Waals surface area contributed by atoms with E-state index in [1.165, 1.54) is 21.9 Å². The van der Waals surface area contributed by atoms with Crippen LogP contribution in [0.4, 0.5) is 0 Å². The number of hydrogen-bond acceptors (Lipinski definition) is 4. The zero-order chi connectivity index (χ0) is 43.5. The van der Waals surface area contributed by atoms with Crippen LogP contribution in [0.3, 0.4) is 0 Å². The topological polar surface area (TPSA) is 58.9 Å². The third kappa shape index (κ3) is 7.79. The highest BCUT2D eigenvalue weighted by molar-refractivity contribution is 5.97. The van der Waals surface area contributed by atoms with Crippen LogP contribution in [0.5, 0.6) is 11.5 Å². The number of hydrogen-bond donors (Lipinski definition) is 2. The summed E-state index contributed by atoms with van der Waals surface area (Å²) >= 11 is 0. The Morgan fingerprint density at radius 1 is 0.344 bits per heavy atom. The van der Waals surface area contributed by atoms with E-state index in [2.05, 4.69) is 207 Å². The molecule has 10 aromatic rings. The van der Waals surface area contributed by atoms with Crippen molar-refractivity contribution in [2.24, 2.45) is 0 Å². The van der Waals surface area contributed by atoms with Gasteiger partial charge in [0, 0.05) is 16.5 Å². The molecule has 0 atom stereocenters. The van der Waals surface area contributed by atoms with E-state index in [-0.39, 0.29) is 26.4 Å². The molecule has 0 aliphatic rings. The molecule has 10 aromatic carbocycles. The van der Waals surface area contributed by atoms with Gasteiger partial charge in [-0.1, -0.05) is 176 Å². The molecular formula is C60H48O4. The van der Waals surface area contributed by atoms with E-state index in [9.17, 15) is 10.2 Å². The van der Waals surface area contributed by atoms with Crippen LogP contribution in [-0.4, -0.2) is 36.6 Å². The van der Waals surface area contributed by atoms with Crippen molar-refractivity contribution in [2.45, 2.75) is 12.3 Å². The van der Waals surface area contributed by atoms with Crippen molar-refractivity contribution >= 4 is 32.3 Å². The molecule has 0 amide bonds. The molecule has 2 N–H and O–H groups in total. The summed E-state index contributed by atoms with van der Waals surface area (Å²) in [4.78, 5) is 0. The summed E-state index contributed by atoms with van der Waals surface area (Å²) in [7, 11) is 0. The van der Waals surface area contributed by atoms with E-state index in [0.29, 0.717) is 11.5 Å². The van der Waals surface area contributed by atoms with E-state index < -0.39 is 5.41 Å². The molecule has 0 aliphatic carbocycles. The summed E-state index contributed by atoms with van der Waals surface area (Å²) in [5.41, 5.74) is 11.2. The fourth-order valence-electron chi connectivity index (χ4n) is 9.23. The fourth-order valence-corrected chi connectivity index (χ4v) is 9.23. The van der Waals surface area contributed by atoms with Gasteiger partial charge < -0.3 is 19.7 Å². The number of aliphatic hydroxyl groups is 2. The first-order valence-electron chi connectivity index (χ1n) is 21.9. The van der Waals surface area contributed by atoms with E-state index >= 15 is 0 Å². The van der Waals surface area contributed by atoms with E-state index in [4.69, 9.17) is 9.47 Å². The van der Waals surface area contributed by atoms with Crippen LogP contribution in [0.25, 0.3) is 76.8 Å². The van der Waals surface area contributed by atoms with Gasteiger partial charge in [0.2, 0.25) is 0 Å². The Hall–Kier alpha value is -7.50. The molecule has 0 fully saturated rings. The van der Waals surface area contributed by atoms with Gasteiger partial charge in [-0.15, -0.1) is 0 Å². The Morgan fingerprint density at radius 3 is 1.30 bits per heavy atom. The highest BCUT2D eigenvalue weighted by Gasteiger charge is 2.33. The molecule has 0 radical (unpaired) electrons. The van der Waals surface area contributed by atoms with Crippen molar-refractivity contribution in [3.8, 4) is 56.0 Å². The third-order valence-electron chi connectivity index (χ3n) is 12.7. The highest BCUT2D eigenvalue weighted by Crippen LogP contribution is 2.46. The molecule has 0 unspecified atom stereocenters. The Bertz CT molecular complexity index is 3120. The van der Waals surface area contributed by atoms with Crippen LogP contribution >= 0.6 is 0 Å². The summed E-state index contributed by atoms with van der Waals surface area (Å²) in [6, 6.07) is 75.6. The van der Waals surface area contributed by atoms with Crippen LogP contribution in [-0.2, 0) is 5.41 Å². The van der Waals surface area contributed by atoms with Gasteiger partial charge >= 0.3 is 0 Å². The smallest absolute Gasteiger partial charge is 0.127 e.